The van der Waals surface area contributed by atoms with Gasteiger partial charge in [0.25, 0.3) is 0 Å². The van der Waals surface area contributed by atoms with Gasteiger partial charge in [0.2, 0.25) is 0 Å². The van der Waals surface area contributed by atoms with Gasteiger partial charge in [-0.15, -0.1) is 0 Å². The summed E-state index contributed by atoms with van der Waals surface area (Å²) in [6.07, 6.45) is 2.43. The normalized spacial score (nSPS) is 23.5. The molecule has 28 heavy (non-hydrogen) atoms. The number of ether oxygens (including phenoxy) is 1. The van der Waals surface area contributed by atoms with Crippen LogP contribution in [0.25, 0.3) is 0 Å². The zero-order valence-corrected chi connectivity index (χ0v) is 15.8. The Hall–Kier alpha value is -2.76. The van der Waals surface area contributed by atoms with E-state index in [2.05, 4.69) is 4.98 Å². The Morgan fingerprint density at radius 3 is 2.46 bits per heavy atom. The van der Waals surface area contributed by atoms with E-state index in [1.807, 2.05) is 30.3 Å². The van der Waals surface area contributed by atoms with Crippen LogP contribution in [0.5, 0.6) is 0 Å². The highest BCUT2D eigenvalue weighted by Crippen LogP contribution is 2.40. The topological polar surface area (TPSA) is 59.5 Å². The average Bonchev–Trinajstić information content (AvgIpc) is 2.97. The third-order valence-electron chi connectivity index (χ3n) is 5.74. The highest BCUT2D eigenvalue weighted by Gasteiger charge is 2.46. The molecule has 2 aromatic rings. The number of pyridine rings is 1. The molecule has 0 radical (unpaired) electrons. The van der Waals surface area contributed by atoms with Crippen molar-refractivity contribution in [3.63, 3.8) is 0 Å². The smallest absolute Gasteiger partial charge is 0.410 e. The van der Waals surface area contributed by atoms with Crippen molar-refractivity contribution in [2.45, 2.75) is 51.3 Å². The zero-order valence-electron chi connectivity index (χ0n) is 15.8. The van der Waals surface area contributed by atoms with Crippen LogP contribution in [0, 0.1) is 18.7 Å². The molecule has 0 spiro atoms. The van der Waals surface area contributed by atoms with Crippen LogP contribution in [0.2, 0.25) is 0 Å². The number of nitrogens with zero attached hydrogens (tertiary/aromatic N) is 2. The minimum atomic E-state index is -0.576. The Balaban J connectivity index is 1.42. The van der Waals surface area contributed by atoms with Gasteiger partial charge >= 0.3 is 6.09 Å². The number of fused-ring (bicyclic) bond motifs is 2. The van der Waals surface area contributed by atoms with Crippen LogP contribution in [0.1, 0.15) is 47.4 Å². The molecule has 146 valence electrons. The van der Waals surface area contributed by atoms with E-state index in [4.69, 9.17) is 4.74 Å². The number of carbonyl (C=O) groups is 2. The molecular weight excluding hydrogens is 359 g/mol. The summed E-state index contributed by atoms with van der Waals surface area (Å²) in [6.45, 7) is 1.97. The standard InChI is InChI=1S/C22H23FN2O3/c1-14-7-10-19(23)20(24-14)21(26)16-11-17-8-9-18(12-16)25(17)22(27)28-13-15-5-3-2-4-6-15/h2-7,10,16-18H,8-9,11-13H2,1H3. The van der Waals surface area contributed by atoms with Crippen LogP contribution >= 0.6 is 0 Å². The third-order valence-corrected chi connectivity index (χ3v) is 5.74. The summed E-state index contributed by atoms with van der Waals surface area (Å²) in [5.41, 5.74) is 1.48. The van der Waals surface area contributed by atoms with Crippen LogP contribution in [-0.4, -0.2) is 33.8 Å². The number of halogens is 1. The molecule has 1 aromatic carbocycles. The maximum atomic E-state index is 14.1. The number of hydrogen-bond donors (Lipinski definition) is 0. The number of hydrogen-bond acceptors (Lipinski definition) is 4. The molecule has 2 bridgehead atoms. The molecule has 2 unspecified atom stereocenters. The Morgan fingerprint density at radius 2 is 1.79 bits per heavy atom. The molecule has 2 fully saturated rings. The molecule has 2 aliphatic rings. The lowest BCUT2D eigenvalue weighted by atomic mass is 9.86. The maximum Gasteiger partial charge on any atom is 0.410 e. The largest absolute Gasteiger partial charge is 0.445 e. The van der Waals surface area contributed by atoms with E-state index in [0.717, 1.165) is 18.4 Å². The second kappa shape index (κ2) is 7.70. The van der Waals surface area contributed by atoms with E-state index in [-0.39, 0.29) is 42.2 Å². The Bertz CT molecular complexity index is 873. The molecule has 5 nitrogen and oxygen atoms in total. The Labute approximate surface area is 163 Å². The van der Waals surface area contributed by atoms with Crippen LogP contribution in [-0.2, 0) is 11.3 Å². The predicted molar refractivity (Wildman–Crippen MR) is 101 cm³/mol. The number of aromatic nitrogens is 1. The highest BCUT2D eigenvalue weighted by atomic mass is 19.1. The van der Waals surface area contributed by atoms with Gasteiger partial charge in [0.15, 0.2) is 11.6 Å². The van der Waals surface area contributed by atoms with Gasteiger partial charge in [-0.25, -0.2) is 14.2 Å². The Kier molecular flexibility index (Phi) is 5.11. The second-order valence-electron chi connectivity index (χ2n) is 7.65. The van der Waals surface area contributed by atoms with E-state index in [0.29, 0.717) is 18.5 Å². The van der Waals surface area contributed by atoms with Gasteiger partial charge in [-0.05, 0) is 50.3 Å². The molecule has 1 amide bonds. The molecule has 0 N–H and O–H groups in total. The number of piperidine rings is 1. The average molecular weight is 382 g/mol. The number of rotatable bonds is 4. The minimum absolute atomic E-state index is 0.0381. The number of aryl methyl sites for hydroxylation is 1. The SMILES string of the molecule is Cc1ccc(F)c(C(=O)C2CC3CCC(C2)N3C(=O)OCc2ccccc2)n1. The molecule has 2 aliphatic heterocycles. The first-order valence-corrected chi connectivity index (χ1v) is 9.69. The second-order valence-corrected chi connectivity index (χ2v) is 7.65. The predicted octanol–water partition coefficient (Wildman–Crippen LogP) is 4.29. The van der Waals surface area contributed by atoms with Gasteiger partial charge in [0.1, 0.15) is 12.3 Å². The van der Waals surface area contributed by atoms with Gasteiger partial charge in [0.05, 0.1) is 0 Å². The van der Waals surface area contributed by atoms with Gasteiger partial charge in [-0.2, -0.15) is 0 Å². The molecule has 6 heteroatoms. The van der Waals surface area contributed by atoms with Crippen LogP contribution < -0.4 is 0 Å². The first-order valence-electron chi connectivity index (χ1n) is 9.69. The van der Waals surface area contributed by atoms with Crippen LogP contribution in [0.4, 0.5) is 9.18 Å². The molecule has 3 heterocycles. The van der Waals surface area contributed by atoms with Gasteiger partial charge in [-0.1, -0.05) is 30.3 Å². The first kappa shape index (κ1) is 18.6. The van der Waals surface area contributed by atoms with Crippen molar-refractivity contribution in [3.05, 3.63) is 65.2 Å². The summed E-state index contributed by atoms with van der Waals surface area (Å²) in [6, 6.07) is 12.3. The van der Waals surface area contributed by atoms with Crippen molar-refractivity contribution in [3.8, 4) is 0 Å². The fourth-order valence-corrected chi connectivity index (χ4v) is 4.39. The lowest BCUT2D eigenvalue weighted by Crippen LogP contribution is -2.48. The van der Waals surface area contributed by atoms with Gasteiger partial charge in [-0.3, -0.25) is 4.79 Å². The van der Waals surface area contributed by atoms with Crippen molar-refractivity contribution in [2.24, 2.45) is 5.92 Å². The fraction of sp³-hybridized carbons (Fsp3) is 0.409. The molecule has 0 aliphatic carbocycles. The van der Waals surface area contributed by atoms with Gasteiger partial charge < -0.3 is 9.64 Å². The Morgan fingerprint density at radius 1 is 1.11 bits per heavy atom. The van der Waals surface area contributed by atoms with Crippen molar-refractivity contribution < 1.29 is 18.7 Å². The summed E-state index contributed by atoms with van der Waals surface area (Å²) < 4.78 is 19.6. The van der Waals surface area contributed by atoms with E-state index >= 15 is 0 Å². The van der Waals surface area contributed by atoms with Crippen molar-refractivity contribution in [1.82, 2.24) is 9.88 Å². The molecule has 0 saturated carbocycles. The summed E-state index contributed by atoms with van der Waals surface area (Å²) in [7, 11) is 0. The number of ketones is 1. The van der Waals surface area contributed by atoms with Crippen molar-refractivity contribution in [1.29, 1.82) is 0 Å². The first-order chi connectivity index (χ1) is 13.5. The zero-order chi connectivity index (χ0) is 19.7. The summed E-state index contributed by atoms with van der Waals surface area (Å²) in [5, 5.41) is 0. The maximum absolute atomic E-state index is 14.1. The van der Waals surface area contributed by atoms with Gasteiger partial charge in [0, 0.05) is 23.7 Å². The molecule has 1 aromatic heterocycles. The van der Waals surface area contributed by atoms with Crippen LogP contribution in [0.3, 0.4) is 0 Å². The number of benzene rings is 1. The summed E-state index contributed by atoms with van der Waals surface area (Å²) >= 11 is 0. The van der Waals surface area contributed by atoms with E-state index in [9.17, 15) is 14.0 Å². The van der Waals surface area contributed by atoms with Crippen molar-refractivity contribution in [2.75, 3.05) is 0 Å². The molecule has 4 rings (SSSR count). The van der Waals surface area contributed by atoms with E-state index in [1.165, 1.54) is 6.07 Å². The minimum Gasteiger partial charge on any atom is -0.445 e. The number of amides is 1. The van der Waals surface area contributed by atoms with E-state index in [1.54, 1.807) is 17.9 Å². The lowest BCUT2D eigenvalue weighted by molar-refractivity contribution is 0.0481. The van der Waals surface area contributed by atoms with Crippen molar-refractivity contribution >= 4 is 11.9 Å². The highest BCUT2D eigenvalue weighted by molar-refractivity contribution is 5.96. The molecular formula is C22H23FN2O3. The summed E-state index contributed by atoms with van der Waals surface area (Å²) in [4.78, 5) is 31.4. The van der Waals surface area contributed by atoms with Crippen LogP contribution in [0.15, 0.2) is 42.5 Å². The quantitative estimate of drug-likeness (QED) is 0.740. The summed E-state index contributed by atoms with van der Waals surface area (Å²) in [5.74, 6) is -1.14. The number of Topliss-reactive ketones (excluding diaryl/α,β-unsaturated/α-hetero) is 1. The molecule has 2 saturated heterocycles. The lowest BCUT2D eigenvalue weighted by Gasteiger charge is -2.37. The number of carbonyl (C=O) groups excluding carboxylic acids is 2. The monoisotopic (exact) mass is 382 g/mol. The van der Waals surface area contributed by atoms with E-state index < -0.39 is 5.82 Å². The fourth-order valence-electron chi connectivity index (χ4n) is 4.39. The third kappa shape index (κ3) is 3.63. The molecule has 2 atom stereocenters.